The van der Waals surface area contributed by atoms with Crippen LogP contribution in [0.15, 0.2) is 37.1 Å². The van der Waals surface area contributed by atoms with Crippen LogP contribution in [-0.4, -0.2) is 38.2 Å². The maximum absolute atomic E-state index is 12.1. The number of pyridine rings is 1. The van der Waals surface area contributed by atoms with Crippen molar-refractivity contribution in [1.29, 1.82) is 0 Å². The minimum Gasteiger partial charge on any atom is -0.391 e. The minimum absolute atomic E-state index is 0.207. The number of carbonyl (C=O) groups is 1. The number of hydrogen-bond acceptors (Lipinski definition) is 4. The van der Waals surface area contributed by atoms with Crippen LogP contribution in [0.5, 0.6) is 0 Å². The highest BCUT2D eigenvalue weighted by Crippen LogP contribution is 2.27. The number of amides is 1. The first kappa shape index (κ1) is 14.7. The highest BCUT2D eigenvalue weighted by Gasteiger charge is 2.23. The summed E-state index contributed by atoms with van der Waals surface area (Å²) in [6, 6.07) is 3.49. The molecule has 22 heavy (non-hydrogen) atoms. The van der Waals surface area contributed by atoms with E-state index in [0.29, 0.717) is 23.8 Å². The fourth-order valence-corrected chi connectivity index (χ4v) is 2.88. The smallest absolute Gasteiger partial charge is 0.252 e. The summed E-state index contributed by atoms with van der Waals surface area (Å²) in [5.74, 6) is 0.823. The summed E-state index contributed by atoms with van der Waals surface area (Å²) in [7, 11) is 0. The summed E-state index contributed by atoms with van der Waals surface area (Å²) < 4.78 is 1.77. The zero-order chi connectivity index (χ0) is 15.4. The van der Waals surface area contributed by atoms with E-state index >= 15 is 0 Å². The van der Waals surface area contributed by atoms with Gasteiger partial charge in [0.2, 0.25) is 0 Å². The molecule has 6 nitrogen and oxygen atoms in total. The molecule has 6 heteroatoms. The quantitative estimate of drug-likeness (QED) is 0.878. The predicted octanol–water partition coefficient (Wildman–Crippen LogP) is 1.55. The van der Waals surface area contributed by atoms with Crippen molar-refractivity contribution >= 4 is 5.91 Å². The van der Waals surface area contributed by atoms with Gasteiger partial charge in [-0.1, -0.05) is 12.8 Å². The van der Waals surface area contributed by atoms with Gasteiger partial charge in [-0.25, -0.2) is 9.97 Å². The van der Waals surface area contributed by atoms with Crippen molar-refractivity contribution in [3.05, 3.63) is 42.6 Å². The van der Waals surface area contributed by atoms with Crippen LogP contribution >= 0.6 is 0 Å². The lowest BCUT2D eigenvalue weighted by Gasteiger charge is -2.18. The van der Waals surface area contributed by atoms with Crippen molar-refractivity contribution < 1.29 is 9.90 Å². The zero-order valence-corrected chi connectivity index (χ0v) is 12.4. The molecule has 0 radical (unpaired) electrons. The summed E-state index contributed by atoms with van der Waals surface area (Å²) in [5, 5.41) is 12.9. The number of aromatic nitrogens is 3. The lowest BCUT2D eigenvalue weighted by molar-refractivity contribution is 0.0840. The van der Waals surface area contributed by atoms with Gasteiger partial charge in [0.15, 0.2) is 0 Å². The van der Waals surface area contributed by atoms with E-state index in [0.717, 1.165) is 12.8 Å². The Bertz CT molecular complexity index is 604. The normalized spacial score (nSPS) is 16.6. The SMILES string of the molecule is O=C(NCC(O)C1CCCC1)c1ccc(-n2ccnc2)nc1. The van der Waals surface area contributed by atoms with Crippen molar-refractivity contribution in [2.24, 2.45) is 5.92 Å². The summed E-state index contributed by atoms with van der Waals surface area (Å²) >= 11 is 0. The Labute approximate surface area is 129 Å². The van der Waals surface area contributed by atoms with Gasteiger partial charge in [-0.3, -0.25) is 9.36 Å². The van der Waals surface area contributed by atoms with Crippen LogP contribution < -0.4 is 5.32 Å². The minimum atomic E-state index is -0.454. The molecule has 0 spiro atoms. The van der Waals surface area contributed by atoms with Gasteiger partial charge in [-0.15, -0.1) is 0 Å². The Balaban J connectivity index is 1.55. The van der Waals surface area contributed by atoms with Gasteiger partial charge in [-0.05, 0) is 30.9 Å². The van der Waals surface area contributed by atoms with E-state index in [1.807, 2.05) is 0 Å². The van der Waals surface area contributed by atoms with Gasteiger partial charge in [0.25, 0.3) is 5.91 Å². The molecule has 2 N–H and O–H groups in total. The molecule has 1 aliphatic carbocycles. The molecular weight excluding hydrogens is 280 g/mol. The predicted molar refractivity (Wildman–Crippen MR) is 81.7 cm³/mol. The Hall–Kier alpha value is -2.21. The number of nitrogens with zero attached hydrogens (tertiary/aromatic N) is 3. The van der Waals surface area contributed by atoms with Gasteiger partial charge >= 0.3 is 0 Å². The van der Waals surface area contributed by atoms with Crippen molar-refractivity contribution in [3.8, 4) is 5.82 Å². The fourth-order valence-electron chi connectivity index (χ4n) is 2.88. The molecule has 1 aliphatic rings. The van der Waals surface area contributed by atoms with E-state index in [4.69, 9.17) is 0 Å². The molecular formula is C16H20N4O2. The van der Waals surface area contributed by atoms with Crippen molar-refractivity contribution in [2.75, 3.05) is 6.54 Å². The van der Waals surface area contributed by atoms with Crippen molar-refractivity contribution in [3.63, 3.8) is 0 Å². The van der Waals surface area contributed by atoms with E-state index in [1.165, 1.54) is 19.0 Å². The molecule has 116 valence electrons. The Morgan fingerprint density at radius 3 is 2.86 bits per heavy atom. The Morgan fingerprint density at radius 1 is 1.41 bits per heavy atom. The second-order valence-electron chi connectivity index (χ2n) is 5.70. The van der Waals surface area contributed by atoms with Crippen LogP contribution in [-0.2, 0) is 0 Å². The third-order valence-electron chi connectivity index (χ3n) is 4.19. The second-order valence-corrected chi connectivity index (χ2v) is 5.70. The second kappa shape index (κ2) is 6.70. The Morgan fingerprint density at radius 2 is 2.23 bits per heavy atom. The topological polar surface area (TPSA) is 80.0 Å². The molecule has 2 aromatic rings. The molecule has 0 saturated heterocycles. The van der Waals surface area contributed by atoms with E-state index in [9.17, 15) is 9.90 Å². The lowest BCUT2D eigenvalue weighted by Crippen LogP contribution is -2.35. The molecule has 1 fully saturated rings. The first-order valence-electron chi connectivity index (χ1n) is 7.64. The van der Waals surface area contributed by atoms with Crippen LogP contribution in [0.3, 0.4) is 0 Å². The summed E-state index contributed by atoms with van der Waals surface area (Å²) in [5.41, 5.74) is 0.488. The maximum atomic E-state index is 12.1. The van der Waals surface area contributed by atoms with E-state index in [1.54, 1.807) is 35.4 Å². The molecule has 1 unspecified atom stereocenters. The zero-order valence-electron chi connectivity index (χ0n) is 12.4. The largest absolute Gasteiger partial charge is 0.391 e. The maximum Gasteiger partial charge on any atom is 0.252 e. The average Bonchev–Trinajstić information content (AvgIpc) is 3.25. The third-order valence-corrected chi connectivity index (χ3v) is 4.19. The van der Waals surface area contributed by atoms with Gasteiger partial charge in [0.1, 0.15) is 12.1 Å². The third kappa shape index (κ3) is 3.33. The molecule has 0 aliphatic heterocycles. The first-order chi connectivity index (χ1) is 10.7. The van der Waals surface area contributed by atoms with Crippen molar-refractivity contribution in [1.82, 2.24) is 19.9 Å². The molecule has 1 atom stereocenters. The number of aliphatic hydroxyl groups excluding tert-OH is 1. The molecule has 0 bridgehead atoms. The fraction of sp³-hybridized carbons (Fsp3) is 0.438. The molecule has 3 rings (SSSR count). The molecule has 2 heterocycles. The highest BCUT2D eigenvalue weighted by atomic mass is 16.3. The highest BCUT2D eigenvalue weighted by molar-refractivity contribution is 5.93. The van der Waals surface area contributed by atoms with Gasteiger partial charge < -0.3 is 10.4 Å². The number of rotatable bonds is 5. The lowest BCUT2D eigenvalue weighted by atomic mass is 10.0. The monoisotopic (exact) mass is 300 g/mol. The van der Waals surface area contributed by atoms with Crippen LogP contribution in [0, 0.1) is 5.92 Å². The molecule has 0 aromatic carbocycles. The summed E-state index contributed by atoms with van der Waals surface area (Å²) in [6.45, 7) is 0.298. The summed E-state index contributed by atoms with van der Waals surface area (Å²) in [4.78, 5) is 20.3. The molecule has 1 saturated carbocycles. The van der Waals surface area contributed by atoms with Gasteiger partial charge in [0, 0.05) is 25.1 Å². The number of aliphatic hydroxyl groups is 1. The number of imidazole rings is 1. The Kier molecular flexibility index (Phi) is 4.48. The number of carbonyl (C=O) groups excluding carboxylic acids is 1. The van der Waals surface area contributed by atoms with Gasteiger partial charge in [0.05, 0.1) is 11.7 Å². The van der Waals surface area contributed by atoms with E-state index < -0.39 is 6.10 Å². The number of nitrogens with one attached hydrogen (secondary N) is 1. The van der Waals surface area contributed by atoms with E-state index in [2.05, 4.69) is 15.3 Å². The van der Waals surface area contributed by atoms with Crippen LogP contribution in [0.25, 0.3) is 5.82 Å². The first-order valence-corrected chi connectivity index (χ1v) is 7.64. The average molecular weight is 300 g/mol. The standard InChI is InChI=1S/C16H20N4O2/c21-14(12-3-1-2-4-12)10-19-16(22)13-5-6-15(18-9-13)20-8-7-17-11-20/h5-9,11-12,14,21H,1-4,10H2,(H,19,22). The molecule has 2 aromatic heterocycles. The summed E-state index contributed by atoms with van der Waals surface area (Å²) in [6.07, 6.45) is 10.7. The van der Waals surface area contributed by atoms with Crippen molar-refractivity contribution in [2.45, 2.75) is 31.8 Å². The number of hydrogen-bond donors (Lipinski definition) is 2. The van der Waals surface area contributed by atoms with Crippen LogP contribution in [0.2, 0.25) is 0 Å². The van der Waals surface area contributed by atoms with Crippen LogP contribution in [0.1, 0.15) is 36.0 Å². The molecule has 1 amide bonds. The van der Waals surface area contributed by atoms with Crippen LogP contribution in [0.4, 0.5) is 0 Å². The van der Waals surface area contributed by atoms with E-state index in [-0.39, 0.29) is 5.91 Å². The van der Waals surface area contributed by atoms with Gasteiger partial charge in [-0.2, -0.15) is 0 Å².